The summed E-state index contributed by atoms with van der Waals surface area (Å²) in [6.07, 6.45) is 1.48. The van der Waals surface area contributed by atoms with Crippen LogP contribution in [-0.4, -0.2) is 25.1 Å². The maximum Gasteiger partial charge on any atom is 0.321 e. The molecular weight excluding hydrogens is 319 g/mol. The van der Waals surface area contributed by atoms with Gasteiger partial charge < -0.3 is 10.1 Å². The van der Waals surface area contributed by atoms with Crippen molar-refractivity contribution in [3.05, 3.63) is 41.1 Å². The van der Waals surface area contributed by atoms with E-state index < -0.39 is 17.8 Å². The number of hydrogen-bond donors (Lipinski definition) is 2. The topological polar surface area (TPSA) is 67.4 Å². The summed E-state index contributed by atoms with van der Waals surface area (Å²) in [7, 11) is 0. The smallest absolute Gasteiger partial charge is 0.321 e. The highest BCUT2D eigenvalue weighted by atomic mass is 79.9. The van der Waals surface area contributed by atoms with Gasteiger partial charge in [-0.2, -0.15) is 0 Å². The van der Waals surface area contributed by atoms with Crippen LogP contribution in [0.25, 0.3) is 0 Å². The molecule has 5 nitrogen and oxygen atoms in total. The average Bonchev–Trinajstić information content (AvgIpc) is 2.35. The van der Waals surface area contributed by atoms with Crippen LogP contribution in [0.4, 0.5) is 9.18 Å². The number of benzene rings is 1. The molecule has 0 aliphatic rings. The summed E-state index contributed by atoms with van der Waals surface area (Å²) < 4.78 is 18.3. The van der Waals surface area contributed by atoms with Crippen molar-refractivity contribution in [1.82, 2.24) is 10.6 Å². The molecule has 102 valence electrons. The number of carbonyl (C=O) groups is 2. The van der Waals surface area contributed by atoms with E-state index in [1.807, 2.05) is 0 Å². The van der Waals surface area contributed by atoms with E-state index in [0.717, 1.165) is 0 Å². The quantitative estimate of drug-likeness (QED) is 0.811. The lowest BCUT2D eigenvalue weighted by molar-refractivity contribution is -0.122. The van der Waals surface area contributed by atoms with E-state index in [2.05, 4.69) is 33.1 Å². The normalized spacial score (nSPS) is 9.58. The first-order valence-corrected chi connectivity index (χ1v) is 6.08. The fourth-order valence-corrected chi connectivity index (χ4v) is 1.57. The fourth-order valence-electron chi connectivity index (χ4n) is 1.11. The van der Waals surface area contributed by atoms with Gasteiger partial charge in [0.25, 0.3) is 5.91 Å². The largest absolute Gasteiger partial charge is 0.483 e. The summed E-state index contributed by atoms with van der Waals surface area (Å²) in [5, 5.41) is 4.44. The number of imide groups is 1. The Morgan fingerprint density at radius 2 is 2.21 bits per heavy atom. The average molecular weight is 331 g/mol. The summed E-state index contributed by atoms with van der Waals surface area (Å²) in [5.41, 5.74) is 0. The lowest BCUT2D eigenvalue weighted by Gasteiger charge is -2.08. The van der Waals surface area contributed by atoms with Gasteiger partial charge in [-0.25, -0.2) is 9.18 Å². The Labute approximate surface area is 118 Å². The first-order chi connectivity index (χ1) is 9.02. The van der Waals surface area contributed by atoms with Gasteiger partial charge in [-0.3, -0.25) is 10.1 Å². The van der Waals surface area contributed by atoms with Crippen LogP contribution in [0.2, 0.25) is 0 Å². The molecule has 0 aliphatic heterocycles. The van der Waals surface area contributed by atoms with Crippen LogP contribution in [0.1, 0.15) is 0 Å². The zero-order chi connectivity index (χ0) is 14.3. The van der Waals surface area contributed by atoms with Gasteiger partial charge in [-0.15, -0.1) is 6.58 Å². The first-order valence-electron chi connectivity index (χ1n) is 5.29. The van der Waals surface area contributed by atoms with Gasteiger partial charge in [-0.05, 0) is 34.1 Å². The molecule has 0 heterocycles. The predicted octanol–water partition coefficient (Wildman–Crippen LogP) is 1.98. The number of halogens is 2. The number of nitrogens with one attached hydrogen (secondary N) is 2. The van der Waals surface area contributed by atoms with Crippen molar-refractivity contribution in [2.45, 2.75) is 0 Å². The Morgan fingerprint density at radius 1 is 1.47 bits per heavy atom. The predicted molar refractivity (Wildman–Crippen MR) is 71.3 cm³/mol. The van der Waals surface area contributed by atoms with Crippen molar-refractivity contribution in [2.75, 3.05) is 13.2 Å². The maximum atomic E-state index is 12.8. The van der Waals surface area contributed by atoms with E-state index >= 15 is 0 Å². The molecule has 19 heavy (non-hydrogen) atoms. The molecule has 3 amide bonds. The second-order valence-corrected chi connectivity index (χ2v) is 4.26. The van der Waals surface area contributed by atoms with Crippen molar-refractivity contribution in [3.8, 4) is 5.75 Å². The van der Waals surface area contributed by atoms with Crippen molar-refractivity contribution in [3.63, 3.8) is 0 Å². The molecule has 1 aromatic rings. The molecular formula is C12H12BrFN2O3. The zero-order valence-electron chi connectivity index (χ0n) is 9.91. The molecule has 0 bridgehead atoms. The SMILES string of the molecule is C=CCNC(=O)NC(=O)COc1ccc(F)cc1Br. The third-order valence-electron chi connectivity index (χ3n) is 1.91. The lowest BCUT2D eigenvalue weighted by atomic mass is 10.3. The summed E-state index contributed by atoms with van der Waals surface area (Å²) in [5.74, 6) is -0.728. The van der Waals surface area contributed by atoms with Gasteiger partial charge >= 0.3 is 6.03 Å². The molecule has 0 aliphatic carbocycles. The highest BCUT2D eigenvalue weighted by Gasteiger charge is 2.09. The number of hydrogen-bond acceptors (Lipinski definition) is 3. The summed E-state index contributed by atoms with van der Waals surface area (Å²) in [6, 6.07) is 3.16. The number of urea groups is 1. The van der Waals surface area contributed by atoms with Crippen molar-refractivity contribution in [1.29, 1.82) is 0 Å². The van der Waals surface area contributed by atoms with Crippen LogP contribution in [0.5, 0.6) is 5.75 Å². The van der Waals surface area contributed by atoms with Crippen molar-refractivity contribution >= 4 is 27.9 Å². The Kier molecular flexibility index (Phi) is 6.01. The second-order valence-electron chi connectivity index (χ2n) is 3.41. The molecule has 0 saturated carbocycles. The molecule has 1 rings (SSSR count). The minimum absolute atomic E-state index is 0.253. The number of carbonyl (C=O) groups excluding carboxylic acids is 2. The van der Waals surface area contributed by atoms with Crippen molar-refractivity contribution < 1.29 is 18.7 Å². The Balaban J connectivity index is 2.41. The van der Waals surface area contributed by atoms with E-state index in [0.29, 0.717) is 10.2 Å². The van der Waals surface area contributed by atoms with E-state index in [1.165, 1.54) is 24.3 Å². The van der Waals surface area contributed by atoms with Crippen LogP contribution in [0, 0.1) is 5.82 Å². The van der Waals surface area contributed by atoms with Gasteiger partial charge in [0.05, 0.1) is 4.47 Å². The van der Waals surface area contributed by atoms with Crippen LogP contribution < -0.4 is 15.4 Å². The fraction of sp³-hybridized carbons (Fsp3) is 0.167. The molecule has 0 spiro atoms. The third-order valence-corrected chi connectivity index (χ3v) is 2.53. The molecule has 0 fully saturated rings. The third kappa shape index (κ3) is 5.52. The van der Waals surface area contributed by atoms with Crippen LogP contribution in [0.3, 0.4) is 0 Å². The van der Waals surface area contributed by atoms with Gasteiger partial charge in [0.2, 0.25) is 0 Å². The molecule has 1 aromatic carbocycles. The van der Waals surface area contributed by atoms with E-state index in [4.69, 9.17) is 4.74 Å². The minimum Gasteiger partial charge on any atom is -0.483 e. The van der Waals surface area contributed by atoms with Gasteiger partial charge in [0, 0.05) is 6.54 Å². The molecule has 0 unspecified atom stereocenters. The highest BCUT2D eigenvalue weighted by Crippen LogP contribution is 2.25. The van der Waals surface area contributed by atoms with E-state index in [1.54, 1.807) is 0 Å². The first kappa shape index (κ1) is 15.2. The maximum absolute atomic E-state index is 12.8. The standard InChI is InChI=1S/C12H12BrFN2O3/c1-2-5-15-12(18)16-11(17)7-19-10-4-3-8(14)6-9(10)13/h2-4,6H,1,5,7H2,(H2,15,16,17,18). The molecule has 0 aromatic heterocycles. The van der Waals surface area contributed by atoms with Gasteiger partial charge in [0.15, 0.2) is 6.61 Å². The zero-order valence-corrected chi connectivity index (χ0v) is 11.5. The van der Waals surface area contributed by atoms with Crippen molar-refractivity contribution in [2.24, 2.45) is 0 Å². The van der Waals surface area contributed by atoms with Gasteiger partial charge in [-0.1, -0.05) is 6.08 Å². The van der Waals surface area contributed by atoms with E-state index in [-0.39, 0.29) is 13.2 Å². The summed E-state index contributed by atoms with van der Waals surface area (Å²) >= 11 is 3.10. The molecule has 0 saturated heterocycles. The second kappa shape index (κ2) is 7.52. The Hall–Kier alpha value is -1.89. The molecule has 7 heteroatoms. The van der Waals surface area contributed by atoms with Gasteiger partial charge in [0.1, 0.15) is 11.6 Å². The monoisotopic (exact) mass is 330 g/mol. The van der Waals surface area contributed by atoms with Crippen LogP contribution in [-0.2, 0) is 4.79 Å². The lowest BCUT2D eigenvalue weighted by Crippen LogP contribution is -2.41. The highest BCUT2D eigenvalue weighted by molar-refractivity contribution is 9.10. The molecule has 0 atom stereocenters. The number of amides is 3. The number of rotatable bonds is 5. The summed E-state index contributed by atoms with van der Waals surface area (Å²) in [4.78, 5) is 22.5. The Bertz CT molecular complexity index is 494. The molecule has 2 N–H and O–H groups in total. The molecule has 0 radical (unpaired) electrons. The van der Waals surface area contributed by atoms with Crippen LogP contribution in [0.15, 0.2) is 35.3 Å². The van der Waals surface area contributed by atoms with Crippen LogP contribution >= 0.6 is 15.9 Å². The number of ether oxygens (including phenoxy) is 1. The Morgan fingerprint density at radius 3 is 2.84 bits per heavy atom. The summed E-state index contributed by atoms with van der Waals surface area (Å²) in [6.45, 7) is 3.31. The minimum atomic E-state index is -0.633. The van der Waals surface area contributed by atoms with E-state index in [9.17, 15) is 14.0 Å².